The fraction of sp³-hybridized carbons (Fsp3) is 0.111. The van der Waals surface area contributed by atoms with Gasteiger partial charge in [0.15, 0.2) is 0 Å². The van der Waals surface area contributed by atoms with Crippen molar-refractivity contribution in [3.05, 3.63) is 75.2 Å². The van der Waals surface area contributed by atoms with Gasteiger partial charge >= 0.3 is 156 Å². The number of benzene rings is 1. The van der Waals surface area contributed by atoms with E-state index in [2.05, 4.69) is 78.5 Å². The zero-order chi connectivity index (χ0) is 20.9. The maximum atomic E-state index is 7.50. The summed E-state index contributed by atoms with van der Waals surface area (Å²) >= 11 is 2.96. The average Bonchev–Trinajstić information content (AvgIpc) is 2.75. The summed E-state index contributed by atoms with van der Waals surface area (Å²) in [4.78, 5) is 0. The van der Waals surface area contributed by atoms with Crippen LogP contribution in [-0.2, 0) is 39.1 Å². The number of terminal acetylenes is 1. The summed E-state index contributed by atoms with van der Waals surface area (Å²) in [6.45, 7) is 23.3. The molecule has 1 N–H and O–H groups in total. The second kappa shape index (κ2) is 43.0. The van der Waals surface area contributed by atoms with Crippen LogP contribution in [0.2, 0.25) is 0 Å². The van der Waals surface area contributed by atoms with E-state index in [0.717, 1.165) is 17.5 Å². The van der Waals surface area contributed by atoms with Gasteiger partial charge in [-0.2, -0.15) is 0 Å². The standard InChI is InChI=1S/C13H13N.5CO.Cr/c1-2-3-11-14-12-7-10-13-8-5-4-6-9-13;5*1-2;/h1,4-10,14H,3,11H2;;;;;;/b10-7+;;;;;;. The minimum atomic E-state index is 0.740. The van der Waals surface area contributed by atoms with E-state index in [0.29, 0.717) is 0 Å². The van der Waals surface area contributed by atoms with Crippen LogP contribution in [-0.4, -0.2) is 11.0 Å². The molecule has 1 rings (SSSR count). The van der Waals surface area contributed by atoms with Crippen molar-refractivity contribution in [3.63, 3.8) is 0 Å². The first-order valence-electron chi connectivity index (χ1n) is 5.79. The Morgan fingerprint density at radius 1 is 0.960 bits per heavy atom. The molecular weight excluding hydrogens is 362 g/mol. The SMILES string of the molecule is C#CCCN[C](=[Cr])/C=C/c1ccccc1.[C-]#[O+].[C-]#[O+].[C-]#[O+].[C-]#[O+].[C-]#[O+]. The summed E-state index contributed by atoms with van der Waals surface area (Å²) in [6, 6.07) is 10.2. The third-order valence-electron chi connectivity index (χ3n) is 1.80. The van der Waals surface area contributed by atoms with Gasteiger partial charge in [-0.25, -0.2) is 0 Å². The Balaban J connectivity index is -0.000000114. The Morgan fingerprint density at radius 2 is 1.40 bits per heavy atom. The maximum absolute atomic E-state index is 7.50. The molecule has 0 saturated carbocycles. The van der Waals surface area contributed by atoms with Crippen LogP contribution < -0.4 is 5.32 Å². The van der Waals surface area contributed by atoms with Crippen molar-refractivity contribution < 1.29 is 39.1 Å². The first-order valence-corrected chi connectivity index (χ1v) is 6.43. The van der Waals surface area contributed by atoms with Gasteiger partial charge in [-0.1, -0.05) is 0 Å². The van der Waals surface area contributed by atoms with E-state index in [1.807, 2.05) is 24.3 Å². The van der Waals surface area contributed by atoms with E-state index in [4.69, 9.17) is 29.7 Å². The minimum absolute atomic E-state index is 0.740. The van der Waals surface area contributed by atoms with Gasteiger partial charge in [0.25, 0.3) is 0 Å². The van der Waals surface area contributed by atoms with E-state index >= 15 is 0 Å². The summed E-state index contributed by atoms with van der Waals surface area (Å²) < 4.78 is 38.5. The molecule has 1 aromatic carbocycles. The molecule has 0 unspecified atom stereocenters. The summed E-state index contributed by atoms with van der Waals surface area (Å²) in [5.74, 6) is 2.58. The molecule has 7 heteroatoms. The Morgan fingerprint density at radius 3 is 1.80 bits per heavy atom. The molecule has 0 saturated heterocycles. The van der Waals surface area contributed by atoms with Crippen LogP contribution in [0.15, 0.2) is 36.4 Å². The Kier molecular flexibility index (Phi) is 58.5. The zero-order valence-corrected chi connectivity index (χ0v) is 14.3. The predicted octanol–water partition coefficient (Wildman–Crippen LogP) is 1.80. The molecule has 0 fully saturated rings. The molecule has 0 aliphatic heterocycles. The van der Waals surface area contributed by atoms with Crippen molar-refractivity contribution in [3.8, 4) is 12.3 Å². The fourth-order valence-corrected chi connectivity index (χ4v) is 1.32. The summed E-state index contributed by atoms with van der Waals surface area (Å²) in [6.07, 6.45) is 9.95. The van der Waals surface area contributed by atoms with Crippen molar-refractivity contribution in [2.24, 2.45) is 0 Å². The van der Waals surface area contributed by atoms with Crippen LogP contribution in [0.3, 0.4) is 0 Å². The van der Waals surface area contributed by atoms with Crippen molar-refractivity contribution in [2.75, 3.05) is 6.54 Å². The third-order valence-corrected chi connectivity index (χ3v) is 2.23. The van der Waals surface area contributed by atoms with E-state index in [1.54, 1.807) is 0 Å². The summed E-state index contributed by atoms with van der Waals surface area (Å²) in [5, 5.41) is 3.19. The first kappa shape index (κ1) is 34.0. The van der Waals surface area contributed by atoms with Crippen molar-refractivity contribution in [1.82, 2.24) is 5.32 Å². The van der Waals surface area contributed by atoms with Gasteiger partial charge in [0.2, 0.25) is 0 Å². The number of hydrogen-bond acceptors (Lipinski definition) is 1. The summed E-state index contributed by atoms with van der Waals surface area (Å²) in [7, 11) is 0. The van der Waals surface area contributed by atoms with Crippen molar-refractivity contribution in [2.45, 2.75) is 6.42 Å². The average molecular weight is 375 g/mol. The molecular formula is C18H13CrNO5. The van der Waals surface area contributed by atoms with Crippen molar-refractivity contribution in [1.29, 1.82) is 0 Å². The third kappa shape index (κ3) is 34.1. The van der Waals surface area contributed by atoms with Crippen LogP contribution in [0, 0.1) is 45.6 Å². The van der Waals surface area contributed by atoms with E-state index in [9.17, 15) is 0 Å². The molecule has 0 aromatic heterocycles. The molecule has 0 radical (unpaired) electrons. The van der Waals surface area contributed by atoms with Crippen LogP contribution in [0.25, 0.3) is 6.08 Å². The molecule has 0 heterocycles. The van der Waals surface area contributed by atoms with Crippen molar-refractivity contribution >= 4 is 10.6 Å². The van der Waals surface area contributed by atoms with Crippen LogP contribution in [0.1, 0.15) is 12.0 Å². The number of hydrogen-bond donors (Lipinski definition) is 1. The summed E-state index contributed by atoms with van der Waals surface area (Å²) in [5.41, 5.74) is 1.18. The predicted molar refractivity (Wildman–Crippen MR) is 81.6 cm³/mol. The van der Waals surface area contributed by atoms with Gasteiger partial charge in [0, 0.05) is 0 Å². The van der Waals surface area contributed by atoms with Gasteiger partial charge in [0.05, 0.1) is 0 Å². The van der Waals surface area contributed by atoms with E-state index in [1.165, 1.54) is 5.56 Å². The van der Waals surface area contributed by atoms with E-state index < -0.39 is 0 Å². The molecule has 0 aliphatic rings. The molecule has 0 amide bonds. The molecule has 126 valence electrons. The normalized spacial score (nSPS) is 6.44. The van der Waals surface area contributed by atoms with Crippen LogP contribution >= 0.6 is 0 Å². The zero-order valence-electron chi connectivity index (χ0n) is 13.0. The number of nitrogens with one attached hydrogen (secondary N) is 1. The molecule has 1 aromatic rings. The Bertz CT molecular complexity index is 543. The molecule has 25 heavy (non-hydrogen) atoms. The molecule has 0 atom stereocenters. The fourth-order valence-electron chi connectivity index (χ4n) is 1.05. The van der Waals surface area contributed by atoms with Gasteiger partial charge in [-0.15, -0.1) is 0 Å². The second-order valence-electron chi connectivity index (χ2n) is 2.99. The molecule has 0 aliphatic carbocycles. The monoisotopic (exact) mass is 375 g/mol. The second-order valence-corrected chi connectivity index (χ2v) is 3.68. The molecule has 0 bridgehead atoms. The van der Waals surface area contributed by atoms with Crippen LogP contribution in [0.5, 0.6) is 0 Å². The number of rotatable bonds is 5. The van der Waals surface area contributed by atoms with Gasteiger partial charge in [-0.05, 0) is 0 Å². The van der Waals surface area contributed by atoms with Gasteiger partial charge in [-0.3, -0.25) is 0 Å². The van der Waals surface area contributed by atoms with Gasteiger partial charge in [0.1, 0.15) is 0 Å². The molecule has 6 nitrogen and oxygen atoms in total. The quantitative estimate of drug-likeness (QED) is 0.360. The van der Waals surface area contributed by atoms with E-state index in [-0.39, 0.29) is 0 Å². The Labute approximate surface area is 155 Å². The molecule has 0 spiro atoms. The first-order chi connectivity index (χ1) is 12.3. The Hall–Kier alpha value is -2.42. The van der Waals surface area contributed by atoms with Crippen LogP contribution in [0.4, 0.5) is 0 Å². The topological polar surface area (TPSA) is 112 Å². The van der Waals surface area contributed by atoms with Gasteiger partial charge < -0.3 is 0 Å².